The highest BCUT2D eigenvalue weighted by molar-refractivity contribution is 6.01. The summed E-state index contributed by atoms with van der Waals surface area (Å²) < 4.78 is 40.5. The fourth-order valence-corrected chi connectivity index (χ4v) is 6.63. The summed E-state index contributed by atoms with van der Waals surface area (Å²) >= 11 is 0. The van der Waals surface area contributed by atoms with Gasteiger partial charge in [0.15, 0.2) is 0 Å². The maximum atomic E-state index is 14.7. The number of rotatable bonds is 13. The Bertz CT molecular complexity index is 1900. The van der Waals surface area contributed by atoms with E-state index in [0.29, 0.717) is 56.0 Å². The van der Waals surface area contributed by atoms with E-state index in [-0.39, 0.29) is 56.1 Å². The topological polar surface area (TPSA) is 158 Å². The number of nitrogens with one attached hydrogen (secondary N) is 4. The minimum absolute atomic E-state index is 0. The van der Waals surface area contributed by atoms with Crippen molar-refractivity contribution in [3.8, 4) is 0 Å². The van der Waals surface area contributed by atoms with Gasteiger partial charge < -0.3 is 35.6 Å². The predicted molar refractivity (Wildman–Crippen MR) is 227 cm³/mol. The van der Waals surface area contributed by atoms with Crippen molar-refractivity contribution in [1.82, 2.24) is 20.4 Å². The van der Waals surface area contributed by atoms with Gasteiger partial charge in [-0.05, 0) is 87.4 Å². The standard InChI is InChI=1S/C41H50F2N6O7.3ClH/c1-25(48(5)40(54)56-41(2,3)4)37(51)46-34(27-17-20-55-21-18-27)39(53)49-24-28-22-29(45-33(50)16-19-44-23-26-10-7-6-8-11-26)14-15-30(28)36(49)38(52)47-35-31(42)12-9-13-32(35)43;;;/h6-15,22,25,27,34,36,44H,16-21,23-24H2,1-5H3,(H,45,50)(H,46,51)(H,47,52);3*1H/t25-,34-,36-;;;/m0.../s1. The molecule has 5 rings (SSSR count). The van der Waals surface area contributed by atoms with Crippen LogP contribution in [0.15, 0.2) is 66.7 Å². The molecule has 4 N–H and O–H groups in total. The molecule has 0 aromatic heterocycles. The average Bonchev–Trinajstić information content (AvgIpc) is 3.55. The molecule has 2 aliphatic heterocycles. The van der Waals surface area contributed by atoms with Crippen LogP contribution in [0.5, 0.6) is 0 Å². The molecule has 0 unspecified atom stereocenters. The van der Waals surface area contributed by atoms with Crippen LogP contribution in [0.2, 0.25) is 0 Å². The van der Waals surface area contributed by atoms with E-state index < -0.39 is 70.8 Å². The normalized spacial score (nSPS) is 15.8. The van der Waals surface area contributed by atoms with E-state index in [9.17, 15) is 32.8 Å². The Morgan fingerprint density at radius 1 is 0.915 bits per heavy atom. The molecule has 2 aliphatic rings. The van der Waals surface area contributed by atoms with Crippen LogP contribution in [0.1, 0.15) is 69.7 Å². The minimum atomic E-state index is -1.36. The molecule has 324 valence electrons. The number of nitrogens with zero attached hydrogens (tertiary/aromatic N) is 2. The zero-order valence-corrected chi connectivity index (χ0v) is 36.0. The summed E-state index contributed by atoms with van der Waals surface area (Å²) in [4.78, 5) is 70.6. The molecular formula is C41H53Cl3F2N6O7. The number of likely N-dealkylation sites (N-methyl/N-ethyl adjacent to an activating group) is 1. The second-order valence-electron chi connectivity index (χ2n) is 15.0. The van der Waals surface area contributed by atoms with Crippen LogP contribution in [-0.4, -0.2) is 84.0 Å². The summed E-state index contributed by atoms with van der Waals surface area (Å²) in [6.45, 7) is 8.19. The van der Waals surface area contributed by atoms with E-state index in [1.807, 2.05) is 30.3 Å². The van der Waals surface area contributed by atoms with Crippen LogP contribution in [0, 0.1) is 17.6 Å². The lowest BCUT2D eigenvalue weighted by atomic mass is 9.90. The first-order valence-electron chi connectivity index (χ1n) is 18.7. The van der Waals surface area contributed by atoms with Gasteiger partial charge in [0, 0.05) is 52.0 Å². The van der Waals surface area contributed by atoms with Gasteiger partial charge in [0.05, 0.1) is 0 Å². The lowest BCUT2D eigenvalue weighted by Gasteiger charge is -2.36. The van der Waals surface area contributed by atoms with Crippen molar-refractivity contribution in [3.05, 3.63) is 95.1 Å². The fourth-order valence-electron chi connectivity index (χ4n) is 6.63. The van der Waals surface area contributed by atoms with E-state index >= 15 is 0 Å². The molecule has 3 aromatic rings. The van der Waals surface area contributed by atoms with Gasteiger partial charge in [0.25, 0.3) is 5.91 Å². The van der Waals surface area contributed by atoms with Crippen LogP contribution in [-0.2, 0) is 41.7 Å². The highest BCUT2D eigenvalue weighted by Crippen LogP contribution is 2.38. The summed E-state index contributed by atoms with van der Waals surface area (Å²) in [7, 11) is 1.42. The van der Waals surface area contributed by atoms with Gasteiger partial charge in [-0.2, -0.15) is 0 Å². The Hall–Kier alpha value is -4.54. The van der Waals surface area contributed by atoms with Gasteiger partial charge in [0.1, 0.15) is 41.0 Å². The van der Waals surface area contributed by atoms with Crippen LogP contribution >= 0.6 is 37.2 Å². The summed E-state index contributed by atoms with van der Waals surface area (Å²) in [5.41, 5.74) is 0.933. The number of carbonyl (C=O) groups excluding carboxylic acids is 5. The smallest absolute Gasteiger partial charge is 0.410 e. The van der Waals surface area contributed by atoms with E-state index in [1.54, 1.807) is 39.0 Å². The Balaban J connectivity index is 0.00000400. The third kappa shape index (κ3) is 13.5. The summed E-state index contributed by atoms with van der Waals surface area (Å²) in [6.07, 6.45) is 0.289. The number of anilines is 2. The molecular weight excluding hydrogens is 833 g/mol. The van der Waals surface area contributed by atoms with E-state index in [4.69, 9.17) is 9.47 Å². The number of ether oxygens (including phenoxy) is 2. The van der Waals surface area contributed by atoms with Gasteiger partial charge in [0.2, 0.25) is 17.7 Å². The summed E-state index contributed by atoms with van der Waals surface area (Å²) in [5, 5.41) is 11.3. The zero-order chi connectivity index (χ0) is 40.6. The third-order valence-electron chi connectivity index (χ3n) is 9.76. The van der Waals surface area contributed by atoms with Crippen LogP contribution in [0.25, 0.3) is 0 Å². The second kappa shape index (κ2) is 22.7. The fraction of sp³-hybridized carbons (Fsp3) is 0.439. The second-order valence-corrected chi connectivity index (χ2v) is 15.0. The maximum Gasteiger partial charge on any atom is 0.410 e. The van der Waals surface area contributed by atoms with Crippen LogP contribution < -0.4 is 21.3 Å². The molecule has 5 amide bonds. The molecule has 3 aromatic carbocycles. The number of carbonyl (C=O) groups is 5. The van der Waals surface area contributed by atoms with E-state index in [1.165, 1.54) is 24.9 Å². The number of halogens is 5. The number of amides is 5. The molecule has 0 spiro atoms. The third-order valence-corrected chi connectivity index (χ3v) is 9.76. The Morgan fingerprint density at radius 2 is 1.56 bits per heavy atom. The van der Waals surface area contributed by atoms with Crippen molar-refractivity contribution in [2.75, 3.05) is 37.4 Å². The number of para-hydroxylation sites is 1. The van der Waals surface area contributed by atoms with Crippen molar-refractivity contribution in [1.29, 1.82) is 0 Å². The molecule has 1 fully saturated rings. The number of fused-ring (bicyclic) bond motifs is 1. The van der Waals surface area contributed by atoms with Crippen LogP contribution in [0.3, 0.4) is 0 Å². The van der Waals surface area contributed by atoms with Gasteiger partial charge >= 0.3 is 6.09 Å². The molecule has 59 heavy (non-hydrogen) atoms. The summed E-state index contributed by atoms with van der Waals surface area (Å²) in [5.74, 6) is -4.77. The van der Waals surface area contributed by atoms with Gasteiger partial charge in [-0.25, -0.2) is 13.6 Å². The SMILES string of the molecule is C[C@@H](C(=O)N[C@H](C(=O)N1Cc2cc(NC(=O)CCNCc3ccccc3)ccc2[C@H]1C(=O)Nc1c(F)cccc1F)C1CCOCC1)N(C)C(=O)OC(C)(C)C.Cl.Cl.Cl. The van der Waals surface area contributed by atoms with Gasteiger partial charge in [-0.1, -0.05) is 42.5 Å². The predicted octanol–water partition coefficient (Wildman–Crippen LogP) is 6.54. The monoisotopic (exact) mass is 884 g/mol. The van der Waals surface area contributed by atoms with Gasteiger partial charge in [-0.15, -0.1) is 37.2 Å². The highest BCUT2D eigenvalue weighted by atomic mass is 35.5. The van der Waals surface area contributed by atoms with E-state index in [0.717, 1.165) is 22.6 Å². The van der Waals surface area contributed by atoms with Crippen molar-refractivity contribution in [3.63, 3.8) is 0 Å². The molecule has 3 atom stereocenters. The molecule has 0 saturated carbocycles. The lowest BCUT2D eigenvalue weighted by Crippen LogP contribution is -2.57. The highest BCUT2D eigenvalue weighted by Gasteiger charge is 2.44. The number of hydrogen-bond donors (Lipinski definition) is 4. The number of hydrogen-bond acceptors (Lipinski definition) is 8. The Kier molecular flexibility index (Phi) is 19.5. The van der Waals surface area contributed by atoms with Crippen molar-refractivity contribution in [2.45, 2.75) is 83.8 Å². The molecule has 18 heteroatoms. The molecule has 0 bridgehead atoms. The summed E-state index contributed by atoms with van der Waals surface area (Å²) in [6, 6.07) is 14.2. The first kappa shape index (κ1) is 50.6. The lowest BCUT2D eigenvalue weighted by molar-refractivity contribution is -0.144. The molecule has 1 saturated heterocycles. The van der Waals surface area contributed by atoms with Crippen molar-refractivity contribution >= 4 is 78.3 Å². The van der Waals surface area contributed by atoms with E-state index in [2.05, 4.69) is 21.3 Å². The Labute approximate surface area is 361 Å². The molecule has 0 radical (unpaired) electrons. The molecule has 0 aliphatic carbocycles. The number of benzene rings is 3. The Morgan fingerprint density at radius 3 is 2.19 bits per heavy atom. The quantitative estimate of drug-likeness (QED) is 0.141. The zero-order valence-electron chi connectivity index (χ0n) is 33.5. The van der Waals surface area contributed by atoms with Crippen molar-refractivity contribution in [2.24, 2.45) is 5.92 Å². The van der Waals surface area contributed by atoms with Gasteiger partial charge in [-0.3, -0.25) is 24.1 Å². The molecule has 2 heterocycles. The minimum Gasteiger partial charge on any atom is -0.444 e. The molecule has 13 nitrogen and oxygen atoms in total. The average molecular weight is 886 g/mol. The maximum absolute atomic E-state index is 14.7. The van der Waals surface area contributed by atoms with Crippen LogP contribution in [0.4, 0.5) is 25.0 Å². The largest absolute Gasteiger partial charge is 0.444 e. The van der Waals surface area contributed by atoms with Crippen molar-refractivity contribution < 1.29 is 42.2 Å². The first-order valence-corrected chi connectivity index (χ1v) is 18.7. The first-order chi connectivity index (χ1) is 26.6.